The summed E-state index contributed by atoms with van der Waals surface area (Å²) in [6.07, 6.45) is 1.70. The quantitative estimate of drug-likeness (QED) is 0.629. The van der Waals surface area contributed by atoms with E-state index in [9.17, 15) is 0 Å². The average molecular weight is 301 g/mol. The van der Waals surface area contributed by atoms with Crippen LogP contribution >= 0.6 is 0 Å². The van der Waals surface area contributed by atoms with E-state index in [1.165, 1.54) is 11.1 Å². The third-order valence-corrected chi connectivity index (χ3v) is 3.37. The molecule has 1 aromatic carbocycles. The molecule has 0 saturated heterocycles. The fourth-order valence-electron chi connectivity index (χ4n) is 2.20. The van der Waals surface area contributed by atoms with Crippen molar-refractivity contribution in [3.8, 4) is 0 Å². The van der Waals surface area contributed by atoms with Gasteiger partial charge in [-0.1, -0.05) is 36.3 Å². The second-order valence-electron chi connectivity index (χ2n) is 4.96. The van der Waals surface area contributed by atoms with E-state index in [0.717, 1.165) is 18.9 Å². The summed E-state index contributed by atoms with van der Waals surface area (Å²) in [5.74, 6) is 2.06. The van der Waals surface area contributed by atoms with E-state index in [2.05, 4.69) is 57.0 Å². The van der Waals surface area contributed by atoms with Crippen molar-refractivity contribution in [2.45, 2.75) is 33.2 Å². The summed E-state index contributed by atoms with van der Waals surface area (Å²) >= 11 is 0. The minimum Gasteiger partial charge on any atom is -0.356 e. The Morgan fingerprint density at radius 1 is 1.23 bits per heavy atom. The van der Waals surface area contributed by atoms with Crippen LogP contribution in [0.15, 0.2) is 33.8 Å². The molecule has 0 aliphatic heterocycles. The standard InChI is InChI=1S/C16H23N5O/c1-4-13-7-5-6-8-14(13)11-19-16(17-3)18-10-9-15-20-12(2)21-22-15/h5-8H,4,9-11H2,1-3H3,(H2,17,18,19). The molecule has 0 aliphatic rings. The molecule has 0 amide bonds. The van der Waals surface area contributed by atoms with Crippen LogP contribution in [0.25, 0.3) is 0 Å². The molecule has 1 heterocycles. The molecular formula is C16H23N5O. The first-order chi connectivity index (χ1) is 10.7. The highest BCUT2D eigenvalue weighted by atomic mass is 16.5. The Morgan fingerprint density at radius 3 is 2.64 bits per heavy atom. The molecule has 0 aliphatic carbocycles. The fraction of sp³-hybridized carbons (Fsp3) is 0.438. The van der Waals surface area contributed by atoms with Gasteiger partial charge >= 0.3 is 0 Å². The van der Waals surface area contributed by atoms with Crippen molar-refractivity contribution >= 4 is 5.96 Å². The van der Waals surface area contributed by atoms with Gasteiger partial charge in [-0.3, -0.25) is 4.99 Å². The first-order valence-corrected chi connectivity index (χ1v) is 7.53. The molecule has 0 saturated carbocycles. The molecule has 1 aromatic heterocycles. The molecule has 0 radical (unpaired) electrons. The summed E-state index contributed by atoms with van der Waals surface area (Å²) in [4.78, 5) is 8.39. The normalized spacial score (nSPS) is 11.5. The number of aromatic nitrogens is 2. The van der Waals surface area contributed by atoms with E-state index in [1.807, 2.05) is 6.92 Å². The largest absolute Gasteiger partial charge is 0.356 e. The van der Waals surface area contributed by atoms with Crippen molar-refractivity contribution in [1.29, 1.82) is 0 Å². The van der Waals surface area contributed by atoms with E-state index in [-0.39, 0.29) is 0 Å². The van der Waals surface area contributed by atoms with Crippen LogP contribution in [0.4, 0.5) is 0 Å². The average Bonchev–Trinajstić information content (AvgIpc) is 2.96. The Hall–Kier alpha value is -2.37. The van der Waals surface area contributed by atoms with Crippen LogP contribution in [0.2, 0.25) is 0 Å². The topological polar surface area (TPSA) is 75.3 Å². The zero-order chi connectivity index (χ0) is 15.8. The smallest absolute Gasteiger partial charge is 0.228 e. The third kappa shape index (κ3) is 4.58. The van der Waals surface area contributed by atoms with Crippen molar-refractivity contribution in [3.63, 3.8) is 0 Å². The predicted molar refractivity (Wildman–Crippen MR) is 86.8 cm³/mol. The molecule has 6 heteroatoms. The van der Waals surface area contributed by atoms with Crippen molar-refractivity contribution < 1.29 is 4.52 Å². The van der Waals surface area contributed by atoms with E-state index in [0.29, 0.717) is 24.7 Å². The molecule has 0 atom stereocenters. The number of rotatable bonds is 6. The summed E-state index contributed by atoms with van der Waals surface area (Å²) in [6.45, 7) is 5.42. The minimum absolute atomic E-state index is 0.636. The number of aryl methyl sites for hydroxylation is 2. The SMILES string of the molecule is CCc1ccccc1CNC(=NC)NCCc1nc(C)no1. The highest BCUT2D eigenvalue weighted by Gasteiger charge is 2.04. The van der Waals surface area contributed by atoms with Crippen LogP contribution < -0.4 is 10.6 Å². The molecule has 0 bridgehead atoms. The van der Waals surface area contributed by atoms with Crippen LogP contribution in [0.5, 0.6) is 0 Å². The maximum absolute atomic E-state index is 5.08. The number of nitrogens with one attached hydrogen (secondary N) is 2. The van der Waals surface area contributed by atoms with Gasteiger partial charge in [0.1, 0.15) is 0 Å². The lowest BCUT2D eigenvalue weighted by Gasteiger charge is -2.13. The lowest BCUT2D eigenvalue weighted by Crippen LogP contribution is -2.38. The van der Waals surface area contributed by atoms with Gasteiger partial charge in [-0.25, -0.2) is 0 Å². The van der Waals surface area contributed by atoms with Crippen molar-refractivity contribution in [1.82, 2.24) is 20.8 Å². The summed E-state index contributed by atoms with van der Waals surface area (Å²) in [7, 11) is 1.76. The van der Waals surface area contributed by atoms with E-state index in [1.54, 1.807) is 7.05 Å². The molecule has 2 N–H and O–H groups in total. The van der Waals surface area contributed by atoms with Gasteiger partial charge in [0.2, 0.25) is 5.89 Å². The molecule has 0 fully saturated rings. The molecule has 0 spiro atoms. The number of guanidine groups is 1. The van der Waals surface area contributed by atoms with Crippen LogP contribution in [0.1, 0.15) is 29.8 Å². The molecule has 6 nitrogen and oxygen atoms in total. The molecule has 118 valence electrons. The first kappa shape index (κ1) is 16.0. The van der Waals surface area contributed by atoms with Crippen LogP contribution in [-0.2, 0) is 19.4 Å². The summed E-state index contributed by atoms with van der Waals surface area (Å²) in [5, 5.41) is 10.3. The number of nitrogens with zero attached hydrogens (tertiary/aromatic N) is 3. The Kier molecular flexibility index (Phi) is 5.94. The summed E-state index contributed by atoms with van der Waals surface area (Å²) in [6, 6.07) is 8.43. The Bertz CT molecular complexity index is 621. The predicted octanol–water partition coefficient (Wildman–Crippen LogP) is 1.85. The highest BCUT2D eigenvalue weighted by Crippen LogP contribution is 2.08. The molecular weight excluding hydrogens is 278 g/mol. The lowest BCUT2D eigenvalue weighted by atomic mass is 10.1. The van der Waals surface area contributed by atoms with Gasteiger partial charge in [-0.2, -0.15) is 4.98 Å². The summed E-state index contributed by atoms with van der Waals surface area (Å²) in [5.41, 5.74) is 2.65. The zero-order valence-corrected chi connectivity index (χ0v) is 13.4. The molecule has 2 aromatic rings. The van der Waals surface area contributed by atoms with E-state index in [4.69, 9.17) is 4.52 Å². The maximum Gasteiger partial charge on any atom is 0.228 e. The Balaban J connectivity index is 1.80. The maximum atomic E-state index is 5.08. The second-order valence-corrected chi connectivity index (χ2v) is 4.96. The number of hydrogen-bond acceptors (Lipinski definition) is 4. The highest BCUT2D eigenvalue weighted by molar-refractivity contribution is 5.79. The number of benzene rings is 1. The van der Waals surface area contributed by atoms with Gasteiger partial charge in [0, 0.05) is 26.6 Å². The molecule has 22 heavy (non-hydrogen) atoms. The van der Waals surface area contributed by atoms with Crippen LogP contribution in [0, 0.1) is 6.92 Å². The van der Waals surface area contributed by atoms with Gasteiger partial charge in [-0.05, 0) is 24.5 Å². The van der Waals surface area contributed by atoms with Crippen molar-refractivity contribution in [2.75, 3.05) is 13.6 Å². The monoisotopic (exact) mass is 301 g/mol. The summed E-state index contributed by atoms with van der Waals surface area (Å²) < 4.78 is 5.08. The van der Waals surface area contributed by atoms with Crippen molar-refractivity contribution in [3.05, 3.63) is 47.1 Å². The van der Waals surface area contributed by atoms with Crippen molar-refractivity contribution in [2.24, 2.45) is 4.99 Å². The number of aliphatic imine (C=N–C) groups is 1. The minimum atomic E-state index is 0.636. The lowest BCUT2D eigenvalue weighted by molar-refractivity contribution is 0.374. The van der Waals surface area contributed by atoms with Crippen LogP contribution in [0.3, 0.4) is 0 Å². The fourth-order valence-corrected chi connectivity index (χ4v) is 2.20. The second kappa shape index (κ2) is 8.17. The number of hydrogen-bond donors (Lipinski definition) is 2. The van der Waals surface area contributed by atoms with E-state index < -0.39 is 0 Å². The third-order valence-electron chi connectivity index (χ3n) is 3.37. The zero-order valence-electron chi connectivity index (χ0n) is 13.4. The van der Waals surface area contributed by atoms with Crippen LogP contribution in [-0.4, -0.2) is 29.7 Å². The van der Waals surface area contributed by atoms with Gasteiger partial charge in [0.25, 0.3) is 0 Å². The van der Waals surface area contributed by atoms with Gasteiger partial charge in [-0.15, -0.1) is 0 Å². The Labute approximate surface area is 131 Å². The van der Waals surface area contributed by atoms with Gasteiger partial charge in [0.15, 0.2) is 11.8 Å². The van der Waals surface area contributed by atoms with Gasteiger partial charge < -0.3 is 15.2 Å². The Morgan fingerprint density at radius 2 is 2.00 bits per heavy atom. The first-order valence-electron chi connectivity index (χ1n) is 7.53. The molecule has 2 rings (SSSR count). The molecule has 0 unspecified atom stereocenters. The van der Waals surface area contributed by atoms with Gasteiger partial charge in [0.05, 0.1) is 0 Å². The van der Waals surface area contributed by atoms with E-state index >= 15 is 0 Å².